The number of hydrogen-bond acceptors (Lipinski definition) is 5. The lowest BCUT2D eigenvalue weighted by Crippen LogP contribution is -2.52. The summed E-state index contributed by atoms with van der Waals surface area (Å²) in [6.45, 7) is 10.7. The van der Waals surface area contributed by atoms with Gasteiger partial charge in [0.1, 0.15) is 12.0 Å². The molecule has 35 heavy (non-hydrogen) atoms. The van der Waals surface area contributed by atoms with Crippen molar-refractivity contribution in [2.24, 2.45) is 9.98 Å². The summed E-state index contributed by atoms with van der Waals surface area (Å²) in [5.74, 6) is 0. The van der Waals surface area contributed by atoms with Gasteiger partial charge in [0, 0.05) is 60.4 Å². The van der Waals surface area contributed by atoms with Crippen molar-refractivity contribution in [1.82, 2.24) is 25.0 Å². The lowest BCUT2D eigenvalue weighted by Gasteiger charge is -2.41. The molecule has 2 amide bonds. The van der Waals surface area contributed by atoms with Gasteiger partial charge in [-0.1, -0.05) is 0 Å². The fourth-order valence-electron chi connectivity index (χ4n) is 5.04. The minimum absolute atomic E-state index is 0.0397. The third-order valence-electron chi connectivity index (χ3n) is 6.64. The number of fused-ring (bicyclic) bond motifs is 2. The highest BCUT2D eigenvalue weighted by atomic mass is 16.2. The smallest absolute Gasteiger partial charge is 0.316 e. The average Bonchev–Trinajstić information content (AvgIpc) is 3.25. The quantitative estimate of drug-likeness (QED) is 0.412. The summed E-state index contributed by atoms with van der Waals surface area (Å²) in [4.78, 5) is 29.5. The Labute approximate surface area is 204 Å². The first kappa shape index (κ1) is 22.9. The fraction of sp³-hybridized carbons (Fsp3) is 0.346. The highest BCUT2D eigenvalue weighted by Gasteiger charge is 2.32. The molecule has 9 heteroatoms. The van der Waals surface area contributed by atoms with Gasteiger partial charge < -0.3 is 10.2 Å². The molecule has 2 aliphatic rings. The predicted octanol–water partition coefficient (Wildman–Crippen LogP) is 4.38. The van der Waals surface area contributed by atoms with Crippen LogP contribution in [0.4, 0.5) is 10.5 Å². The lowest BCUT2D eigenvalue weighted by molar-refractivity contribution is 0.117. The molecule has 180 valence electrons. The van der Waals surface area contributed by atoms with Crippen molar-refractivity contribution in [3.8, 4) is 11.3 Å². The van der Waals surface area contributed by atoms with Gasteiger partial charge in [-0.2, -0.15) is 5.10 Å². The average molecular weight is 471 g/mol. The van der Waals surface area contributed by atoms with Crippen LogP contribution in [0.2, 0.25) is 0 Å². The number of carbonyl (C=O) groups excluding carboxylic acids is 1. The van der Waals surface area contributed by atoms with Crippen LogP contribution in [0.15, 0.2) is 52.2 Å². The SMILES string of the molecule is C=NC=N/C=C(\C)CN1CCC[C@@H](N2Cc3cc4c(-c5ccnc(C)c5)n[nH]c4cc3NC2=O)C1. The number of likely N-dealkylation sites (tertiary alicyclic amines) is 1. The number of amides is 2. The maximum Gasteiger partial charge on any atom is 0.322 e. The van der Waals surface area contributed by atoms with E-state index in [1.54, 1.807) is 6.20 Å². The van der Waals surface area contributed by atoms with Crippen molar-refractivity contribution < 1.29 is 4.79 Å². The van der Waals surface area contributed by atoms with E-state index < -0.39 is 0 Å². The van der Waals surface area contributed by atoms with Crippen molar-refractivity contribution in [3.63, 3.8) is 0 Å². The van der Waals surface area contributed by atoms with Gasteiger partial charge in [0.15, 0.2) is 0 Å². The van der Waals surface area contributed by atoms with Gasteiger partial charge in [-0.05, 0) is 75.4 Å². The molecule has 1 atom stereocenters. The first-order valence-corrected chi connectivity index (χ1v) is 11.9. The molecule has 2 aromatic heterocycles. The second kappa shape index (κ2) is 9.79. The van der Waals surface area contributed by atoms with Crippen molar-refractivity contribution in [1.29, 1.82) is 0 Å². The molecule has 0 unspecified atom stereocenters. The third-order valence-corrected chi connectivity index (χ3v) is 6.64. The summed E-state index contributed by atoms with van der Waals surface area (Å²) in [5, 5.41) is 11.8. The van der Waals surface area contributed by atoms with Gasteiger partial charge in [0.05, 0.1) is 5.52 Å². The van der Waals surface area contributed by atoms with Crippen LogP contribution in [0.25, 0.3) is 22.2 Å². The number of piperidine rings is 1. The maximum absolute atomic E-state index is 13.1. The molecule has 0 bridgehead atoms. The monoisotopic (exact) mass is 470 g/mol. The van der Waals surface area contributed by atoms with Crippen LogP contribution in [0, 0.1) is 6.92 Å². The van der Waals surface area contributed by atoms with Crippen LogP contribution in [0.3, 0.4) is 0 Å². The summed E-state index contributed by atoms with van der Waals surface area (Å²) in [6.07, 6.45) is 7.12. The molecule has 5 rings (SSSR count). The Morgan fingerprint density at radius 3 is 3.06 bits per heavy atom. The number of aromatic amines is 1. The number of rotatable bonds is 6. The van der Waals surface area contributed by atoms with Gasteiger partial charge in [-0.25, -0.2) is 9.79 Å². The van der Waals surface area contributed by atoms with Gasteiger partial charge in [0.25, 0.3) is 0 Å². The summed E-state index contributed by atoms with van der Waals surface area (Å²) < 4.78 is 0. The molecule has 0 radical (unpaired) electrons. The summed E-state index contributed by atoms with van der Waals surface area (Å²) >= 11 is 0. The van der Waals surface area contributed by atoms with Crippen LogP contribution in [0.5, 0.6) is 0 Å². The number of aliphatic imine (C=N–C) groups is 2. The molecule has 0 aliphatic carbocycles. The van der Waals surface area contributed by atoms with E-state index in [1.807, 2.05) is 36.2 Å². The van der Waals surface area contributed by atoms with E-state index in [2.05, 4.69) is 55.1 Å². The number of carbonyl (C=O) groups is 1. The molecule has 1 fully saturated rings. The number of pyridine rings is 1. The van der Waals surface area contributed by atoms with Gasteiger partial charge in [-0.15, -0.1) is 0 Å². The van der Waals surface area contributed by atoms with Crippen LogP contribution in [-0.4, -0.2) is 69.7 Å². The maximum atomic E-state index is 13.1. The van der Waals surface area contributed by atoms with Crippen LogP contribution >= 0.6 is 0 Å². The normalized spacial score (nSPS) is 19.3. The van der Waals surface area contributed by atoms with Crippen LogP contribution in [0.1, 0.15) is 31.0 Å². The van der Waals surface area contributed by atoms with Gasteiger partial charge in [0.2, 0.25) is 0 Å². The van der Waals surface area contributed by atoms with Crippen LogP contribution in [-0.2, 0) is 6.54 Å². The zero-order valence-electron chi connectivity index (χ0n) is 20.2. The molecule has 2 aliphatic heterocycles. The molecule has 3 aromatic rings. The van der Waals surface area contributed by atoms with E-state index in [9.17, 15) is 4.79 Å². The second-order valence-corrected chi connectivity index (χ2v) is 9.32. The Morgan fingerprint density at radius 1 is 1.34 bits per heavy atom. The van der Waals surface area contributed by atoms with Gasteiger partial charge in [-0.3, -0.25) is 20.0 Å². The number of aromatic nitrogens is 3. The number of nitrogens with one attached hydrogen (secondary N) is 2. The van der Waals surface area contributed by atoms with Gasteiger partial charge >= 0.3 is 6.03 Å². The number of H-pyrrole nitrogens is 1. The first-order chi connectivity index (χ1) is 17.0. The predicted molar refractivity (Wildman–Crippen MR) is 140 cm³/mol. The van der Waals surface area contributed by atoms with Crippen molar-refractivity contribution in [2.75, 3.05) is 25.0 Å². The second-order valence-electron chi connectivity index (χ2n) is 9.32. The Morgan fingerprint density at radius 2 is 2.23 bits per heavy atom. The van der Waals surface area contributed by atoms with E-state index in [0.717, 1.165) is 77.2 Å². The number of benzene rings is 1. The molecule has 9 nitrogen and oxygen atoms in total. The minimum Gasteiger partial charge on any atom is -0.316 e. The molecular formula is C26H30N8O. The number of aryl methyl sites for hydroxylation is 1. The Hall–Kier alpha value is -3.85. The molecular weight excluding hydrogens is 440 g/mol. The highest BCUT2D eigenvalue weighted by Crippen LogP contribution is 2.34. The molecule has 4 heterocycles. The number of hydrogen-bond donors (Lipinski definition) is 2. The zero-order valence-corrected chi connectivity index (χ0v) is 20.2. The Kier molecular flexibility index (Phi) is 6.41. The molecule has 0 saturated carbocycles. The first-order valence-electron chi connectivity index (χ1n) is 11.9. The Balaban J connectivity index is 1.36. The highest BCUT2D eigenvalue weighted by molar-refractivity contribution is 6.00. The van der Waals surface area contributed by atoms with Crippen molar-refractivity contribution in [3.05, 3.63) is 53.5 Å². The number of urea groups is 1. The largest absolute Gasteiger partial charge is 0.322 e. The third kappa shape index (κ3) is 4.85. The summed E-state index contributed by atoms with van der Waals surface area (Å²) in [7, 11) is 0. The molecule has 1 saturated heterocycles. The Bertz CT molecular complexity index is 1320. The van der Waals surface area contributed by atoms with E-state index in [-0.39, 0.29) is 12.1 Å². The standard InChI is InChI=1S/C26H30N8O/c1-17(12-28-16-27-3)13-33-8-4-5-21(15-33)34-14-20-10-22-24(11-23(20)30-26(34)35)31-32-25(22)19-6-7-29-18(2)9-19/h6-7,9-12,16,21H,3-5,8,13-15H2,1-2H3,(H,30,35)(H,31,32)/b17-12+,28-16?/t21-/m1/s1. The van der Waals surface area contributed by atoms with E-state index in [0.29, 0.717) is 6.54 Å². The van der Waals surface area contributed by atoms with E-state index in [4.69, 9.17) is 0 Å². The molecule has 2 N–H and O–H groups in total. The fourth-order valence-corrected chi connectivity index (χ4v) is 5.04. The topological polar surface area (TPSA) is 102 Å². The molecule has 0 spiro atoms. The zero-order chi connectivity index (χ0) is 24.4. The van der Waals surface area contributed by atoms with Crippen LogP contribution < -0.4 is 5.32 Å². The minimum atomic E-state index is -0.0397. The lowest BCUT2D eigenvalue weighted by atomic mass is 9.99. The summed E-state index contributed by atoms with van der Waals surface area (Å²) in [5.41, 5.74) is 6.89. The van der Waals surface area contributed by atoms with E-state index in [1.165, 1.54) is 6.34 Å². The number of nitrogens with zero attached hydrogens (tertiary/aromatic N) is 6. The van der Waals surface area contributed by atoms with Crippen molar-refractivity contribution in [2.45, 2.75) is 39.3 Å². The molecule has 1 aromatic carbocycles. The van der Waals surface area contributed by atoms with Crippen molar-refractivity contribution >= 4 is 35.7 Å². The summed E-state index contributed by atoms with van der Waals surface area (Å²) in [6, 6.07) is 8.28. The number of anilines is 1. The van der Waals surface area contributed by atoms with E-state index >= 15 is 0 Å².